The summed E-state index contributed by atoms with van der Waals surface area (Å²) in [4.78, 5) is 0. The Morgan fingerprint density at radius 1 is 0.862 bits per heavy atom. The lowest BCUT2D eigenvalue weighted by Crippen LogP contribution is -2.19. The molecule has 2 aliphatic rings. The Bertz CT molecular complexity index is 902. The van der Waals surface area contributed by atoms with Gasteiger partial charge in [-0.2, -0.15) is 4.39 Å². The molecule has 1 saturated carbocycles. The average molecular weight is 404 g/mol. The zero-order valence-electron chi connectivity index (χ0n) is 17.0. The molecular formula is C24H27F3O2. The van der Waals surface area contributed by atoms with E-state index in [1.165, 1.54) is 18.9 Å². The number of fused-ring (bicyclic) bond motifs is 4. The third kappa shape index (κ3) is 3.72. The molecule has 1 fully saturated rings. The molecule has 0 amide bonds. The van der Waals surface area contributed by atoms with Crippen molar-refractivity contribution in [2.45, 2.75) is 52.4 Å². The van der Waals surface area contributed by atoms with Gasteiger partial charge in [0, 0.05) is 11.1 Å². The van der Waals surface area contributed by atoms with E-state index in [9.17, 15) is 8.78 Å². The second kappa shape index (κ2) is 8.29. The van der Waals surface area contributed by atoms with Crippen molar-refractivity contribution in [3.05, 3.63) is 35.7 Å². The SMILES string of the molecule is CCCCOc1cc2c(c(F)c1F)-c1c-2ccc(OCC2CCC(C)CC2)c1F. The molecular weight excluding hydrogens is 377 g/mol. The zero-order chi connectivity index (χ0) is 20.5. The van der Waals surface area contributed by atoms with E-state index in [-0.39, 0.29) is 22.6 Å². The summed E-state index contributed by atoms with van der Waals surface area (Å²) in [5.41, 5.74) is 1.13. The Kier molecular flexibility index (Phi) is 5.75. The van der Waals surface area contributed by atoms with Crippen LogP contribution in [0.5, 0.6) is 11.5 Å². The summed E-state index contributed by atoms with van der Waals surface area (Å²) in [5, 5.41) is 0. The van der Waals surface area contributed by atoms with Crippen LogP contribution in [0, 0.1) is 29.3 Å². The van der Waals surface area contributed by atoms with Gasteiger partial charge in [-0.3, -0.25) is 0 Å². The van der Waals surface area contributed by atoms with Gasteiger partial charge in [0.15, 0.2) is 23.1 Å². The molecule has 0 radical (unpaired) electrons. The largest absolute Gasteiger partial charge is 0.490 e. The number of rotatable bonds is 7. The first-order valence-corrected chi connectivity index (χ1v) is 10.6. The summed E-state index contributed by atoms with van der Waals surface area (Å²) in [7, 11) is 0. The van der Waals surface area contributed by atoms with Crippen LogP contribution in [0.2, 0.25) is 0 Å². The van der Waals surface area contributed by atoms with Crippen molar-refractivity contribution in [1.82, 2.24) is 0 Å². The monoisotopic (exact) mass is 404 g/mol. The van der Waals surface area contributed by atoms with Crippen molar-refractivity contribution in [2.24, 2.45) is 11.8 Å². The fraction of sp³-hybridized carbons (Fsp3) is 0.500. The van der Waals surface area contributed by atoms with Gasteiger partial charge in [-0.05, 0) is 60.4 Å². The quantitative estimate of drug-likeness (QED) is 0.390. The second-order valence-electron chi connectivity index (χ2n) is 8.36. The summed E-state index contributed by atoms with van der Waals surface area (Å²) >= 11 is 0. The van der Waals surface area contributed by atoms with Crippen LogP contribution in [0.4, 0.5) is 13.2 Å². The summed E-state index contributed by atoms with van der Waals surface area (Å²) in [5.74, 6) is -1.59. The highest BCUT2D eigenvalue weighted by atomic mass is 19.2. The molecule has 156 valence electrons. The third-order valence-electron chi connectivity index (χ3n) is 6.19. The fourth-order valence-corrected chi connectivity index (χ4v) is 4.27. The first-order chi connectivity index (χ1) is 14.0. The van der Waals surface area contributed by atoms with E-state index < -0.39 is 17.5 Å². The molecule has 2 nitrogen and oxygen atoms in total. The van der Waals surface area contributed by atoms with Gasteiger partial charge >= 0.3 is 0 Å². The van der Waals surface area contributed by atoms with Crippen LogP contribution < -0.4 is 9.47 Å². The van der Waals surface area contributed by atoms with Gasteiger partial charge in [-0.25, -0.2) is 8.78 Å². The average Bonchev–Trinajstić information content (AvgIpc) is 2.70. The highest BCUT2D eigenvalue weighted by Crippen LogP contribution is 2.53. The summed E-state index contributed by atoms with van der Waals surface area (Å²) in [6.45, 7) is 5.01. The van der Waals surface area contributed by atoms with Crippen LogP contribution in [-0.4, -0.2) is 13.2 Å². The Morgan fingerprint density at radius 2 is 1.59 bits per heavy atom. The van der Waals surface area contributed by atoms with E-state index in [0.717, 1.165) is 31.6 Å². The zero-order valence-corrected chi connectivity index (χ0v) is 17.0. The molecule has 0 atom stereocenters. The summed E-state index contributed by atoms with van der Waals surface area (Å²) in [6.07, 6.45) is 6.15. The number of benzene rings is 2. The normalized spacial score (nSPS) is 19.9. The minimum atomic E-state index is -1.06. The molecule has 0 heterocycles. The van der Waals surface area contributed by atoms with Gasteiger partial charge in [0.1, 0.15) is 0 Å². The molecule has 0 saturated heterocycles. The topological polar surface area (TPSA) is 18.5 Å². The van der Waals surface area contributed by atoms with Gasteiger partial charge in [0.2, 0.25) is 5.82 Å². The van der Waals surface area contributed by atoms with Crippen molar-refractivity contribution >= 4 is 0 Å². The van der Waals surface area contributed by atoms with E-state index in [1.807, 2.05) is 6.92 Å². The van der Waals surface area contributed by atoms with Gasteiger partial charge in [0.25, 0.3) is 0 Å². The first kappa shape index (κ1) is 20.1. The maximum atomic E-state index is 15.0. The third-order valence-corrected chi connectivity index (χ3v) is 6.19. The van der Waals surface area contributed by atoms with E-state index in [1.54, 1.807) is 12.1 Å². The van der Waals surface area contributed by atoms with E-state index >= 15 is 4.39 Å². The van der Waals surface area contributed by atoms with Gasteiger partial charge in [-0.15, -0.1) is 0 Å². The van der Waals surface area contributed by atoms with Crippen molar-refractivity contribution in [2.75, 3.05) is 13.2 Å². The molecule has 2 aromatic carbocycles. The minimum absolute atomic E-state index is 0.0187. The summed E-state index contributed by atoms with van der Waals surface area (Å²) in [6, 6.07) is 4.77. The van der Waals surface area contributed by atoms with Gasteiger partial charge < -0.3 is 9.47 Å². The standard InChI is InChI=1S/C24H27F3O2/c1-3-4-11-28-19-12-17-16-9-10-18(29-13-15-7-5-14(2)6-8-15)22(25)20(16)21(17)24(27)23(19)26/h9-10,12,14-15H,3-8,11,13H2,1-2H3. The molecule has 0 N–H and O–H groups in total. The van der Waals surface area contributed by atoms with Gasteiger partial charge in [-0.1, -0.05) is 33.1 Å². The molecule has 0 spiro atoms. The molecule has 5 heteroatoms. The van der Waals surface area contributed by atoms with Crippen molar-refractivity contribution in [3.63, 3.8) is 0 Å². The minimum Gasteiger partial charge on any atom is -0.490 e. The highest BCUT2D eigenvalue weighted by Gasteiger charge is 2.35. The van der Waals surface area contributed by atoms with E-state index in [4.69, 9.17) is 9.47 Å². The molecule has 2 aliphatic carbocycles. The van der Waals surface area contributed by atoms with Crippen LogP contribution >= 0.6 is 0 Å². The molecule has 0 aromatic heterocycles. The Morgan fingerprint density at radius 3 is 2.31 bits per heavy atom. The lowest BCUT2D eigenvalue weighted by atomic mass is 9.79. The maximum Gasteiger partial charge on any atom is 0.201 e. The molecule has 2 aromatic rings. The number of unbranched alkanes of at least 4 members (excludes halogenated alkanes) is 1. The number of ether oxygens (including phenoxy) is 2. The smallest absolute Gasteiger partial charge is 0.201 e. The van der Waals surface area contributed by atoms with Gasteiger partial charge in [0.05, 0.1) is 13.2 Å². The van der Waals surface area contributed by atoms with Crippen LogP contribution in [0.25, 0.3) is 22.3 Å². The summed E-state index contributed by atoms with van der Waals surface area (Å²) < 4.78 is 55.2. The van der Waals surface area contributed by atoms with Crippen molar-refractivity contribution in [1.29, 1.82) is 0 Å². The van der Waals surface area contributed by atoms with E-state index in [0.29, 0.717) is 30.3 Å². The van der Waals surface area contributed by atoms with Crippen LogP contribution in [0.15, 0.2) is 18.2 Å². The van der Waals surface area contributed by atoms with Crippen LogP contribution in [-0.2, 0) is 0 Å². The molecule has 0 unspecified atom stereocenters. The lowest BCUT2D eigenvalue weighted by Gasteiger charge is -2.28. The predicted octanol–water partition coefficient (Wildman–Crippen LogP) is 7.14. The highest BCUT2D eigenvalue weighted by molar-refractivity contribution is 6.04. The Balaban J connectivity index is 1.53. The molecule has 4 rings (SSSR count). The Hall–Kier alpha value is -2.17. The number of hydrogen-bond donors (Lipinski definition) is 0. The molecule has 0 aliphatic heterocycles. The van der Waals surface area contributed by atoms with Crippen molar-refractivity contribution < 1.29 is 22.6 Å². The first-order valence-electron chi connectivity index (χ1n) is 10.6. The molecule has 29 heavy (non-hydrogen) atoms. The van der Waals surface area contributed by atoms with Crippen molar-refractivity contribution in [3.8, 4) is 33.8 Å². The van der Waals surface area contributed by atoms with Crippen LogP contribution in [0.3, 0.4) is 0 Å². The van der Waals surface area contributed by atoms with E-state index in [2.05, 4.69) is 6.92 Å². The Labute approximate surface area is 170 Å². The van der Waals surface area contributed by atoms with Crippen LogP contribution in [0.1, 0.15) is 52.4 Å². The molecule has 0 bridgehead atoms. The fourth-order valence-electron chi connectivity index (χ4n) is 4.27. The maximum absolute atomic E-state index is 15.0. The second-order valence-corrected chi connectivity index (χ2v) is 8.36. The lowest BCUT2D eigenvalue weighted by molar-refractivity contribution is 0.183. The predicted molar refractivity (Wildman–Crippen MR) is 108 cm³/mol. The number of hydrogen-bond acceptors (Lipinski definition) is 2. The number of halogens is 3.